The van der Waals surface area contributed by atoms with Crippen molar-refractivity contribution >= 4 is 0 Å². The van der Waals surface area contributed by atoms with Crippen molar-refractivity contribution in [1.82, 2.24) is 19.7 Å². The summed E-state index contributed by atoms with van der Waals surface area (Å²) in [5.74, 6) is 0. The van der Waals surface area contributed by atoms with Crippen LogP contribution >= 0.6 is 0 Å². The first-order valence-corrected chi connectivity index (χ1v) is 5.17. The molecule has 0 aromatic carbocycles. The van der Waals surface area contributed by atoms with E-state index in [4.69, 9.17) is 0 Å². The molecular formula is C11H14N4O. The Morgan fingerprint density at radius 2 is 2.25 bits per heavy atom. The fourth-order valence-corrected chi connectivity index (χ4v) is 1.53. The Bertz CT molecular complexity index is 440. The van der Waals surface area contributed by atoms with Crippen LogP contribution in [0.4, 0.5) is 0 Å². The monoisotopic (exact) mass is 218 g/mol. The van der Waals surface area contributed by atoms with E-state index in [1.165, 1.54) is 0 Å². The molecule has 2 aromatic rings. The van der Waals surface area contributed by atoms with Crippen molar-refractivity contribution in [3.8, 4) is 0 Å². The largest absolute Gasteiger partial charge is 0.387 e. The van der Waals surface area contributed by atoms with Gasteiger partial charge >= 0.3 is 0 Å². The molecule has 5 nitrogen and oxygen atoms in total. The van der Waals surface area contributed by atoms with E-state index in [-0.39, 0.29) is 0 Å². The molecule has 1 N–H and O–H groups in total. The molecule has 0 aliphatic heterocycles. The summed E-state index contributed by atoms with van der Waals surface area (Å²) >= 11 is 0. The zero-order valence-corrected chi connectivity index (χ0v) is 9.11. The number of hydrogen-bond donors (Lipinski definition) is 1. The number of rotatable bonds is 4. The number of nitrogens with zero attached hydrogens (tertiary/aromatic N) is 4. The predicted molar refractivity (Wildman–Crippen MR) is 58.5 cm³/mol. The van der Waals surface area contributed by atoms with Gasteiger partial charge in [-0.15, -0.1) is 0 Å². The maximum atomic E-state index is 9.86. The van der Waals surface area contributed by atoms with Crippen LogP contribution in [0.15, 0.2) is 31.0 Å². The van der Waals surface area contributed by atoms with Gasteiger partial charge in [-0.05, 0) is 18.4 Å². The Hall–Kier alpha value is -1.75. The molecule has 0 saturated heterocycles. The van der Waals surface area contributed by atoms with Gasteiger partial charge in [-0.1, -0.05) is 0 Å². The molecule has 0 aliphatic rings. The number of hydrogen-bond acceptors (Lipinski definition) is 4. The van der Waals surface area contributed by atoms with Gasteiger partial charge < -0.3 is 5.11 Å². The van der Waals surface area contributed by atoms with Gasteiger partial charge in [0, 0.05) is 25.6 Å². The second-order valence-electron chi connectivity index (χ2n) is 3.71. The quantitative estimate of drug-likeness (QED) is 0.827. The van der Waals surface area contributed by atoms with E-state index in [2.05, 4.69) is 15.1 Å². The summed E-state index contributed by atoms with van der Waals surface area (Å²) in [6, 6.07) is 0. The minimum Gasteiger partial charge on any atom is -0.387 e. The smallest absolute Gasteiger partial charge is 0.0978 e. The standard InChI is InChI=1S/C11H14N4O/c1-15-8-9(6-14-15)2-3-11(16)10-7-12-4-5-13-10/h4-8,11,16H,2-3H2,1H3. The highest BCUT2D eigenvalue weighted by molar-refractivity contribution is 5.06. The van der Waals surface area contributed by atoms with Crippen molar-refractivity contribution in [2.75, 3.05) is 0 Å². The van der Waals surface area contributed by atoms with Crippen LogP contribution in [-0.2, 0) is 13.5 Å². The maximum Gasteiger partial charge on any atom is 0.0978 e. The summed E-state index contributed by atoms with van der Waals surface area (Å²) in [7, 11) is 1.88. The second-order valence-corrected chi connectivity index (χ2v) is 3.71. The number of aliphatic hydroxyl groups excluding tert-OH is 1. The van der Waals surface area contributed by atoms with Gasteiger partial charge in [0.2, 0.25) is 0 Å². The van der Waals surface area contributed by atoms with Crippen molar-refractivity contribution in [3.63, 3.8) is 0 Å². The minimum atomic E-state index is -0.561. The van der Waals surface area contributed by atoms with Gasteiger partial charge in [-0.3, -0.25) is 14.6 Å². The highest BCUT2D eigenvalue weighted by Crippen LogP contribution is 2.15. The predicted octanol–water partition coefficient (Wildman–Crippen LogP) is 0.876. The first kappa shape index (κ1) is 10.8. The lowest BCUT2D eigenvalue weighted by Gasteiger charge is -2.07. The zero-order chi connectivity index (χ0) is 11.4. The van der Waals surface area contributed by atoms with Gasteiger partial charge in [0.25, 0.3) is 0 Å². The highest BCUT2D eigenvalue weighted by Gasteiger charge is 2.09. The summed E-state index contributed by atoms with van der Waals surface area (Å²) in [4.78, 5) is 7.99. The molecule has 0 aliphatic carbocycles. The van der Waals surface area contributed by atoms with Crippen LogP contribution < -0.4 is 0 Å². The summed E-state index contributed by atoms with van der Waals surface area (Å²) < 4.78 is 1.75. The molecule has 84 valence electrons. The molecule has 2 rings (SSSR count). The molecule has 1 unspecified atom stereocenters. The Morgan fingerprint density at radius 3 is 2.88 bits per heavy atom. The lowest BCUT2D eigenvalue weighted by molar-refractivity contribution is 0.162. The van der Waals surface area contributed by atoms with Gasteiger partial charge in [-0.25, -0.2) is 0 Å². The Balaban J connectivity index is 1.91. The lowest BCUT2D eigenvalue weighted by Crippen LogP contribution is -2.02. The van der Waals surface area contributed by atoms with Crippen molar-refractivity contribution in [2.24, 2.45) is 7.05 Å². The van der Waals surface area contributed by atoms with E-state index in [0.29, 0.717) is 12.1 Å². The number of aryl methyl sites for hydroxylation is 2. The molecule has 0 amide bonds. The van der Waals surface area contributed by atoms with Gasteiger partial charge in [-0.2, -0.15) is 5.10 Å². The molecule has 0 spiro atoms. The average molecular weight is 218 g/mol. The molecule has 5 heteroatoms. The lowest BCUT2D eigenvalue weighted by atomic mass is 10.1. The normalized spacial score (nSPS) is 12.6. The summed E-state index contributed by atoms with van der Waals surface area (Å²) in [5, 5.41) is 13.9. The molecule has 1 atom stereocenters. The fraction of sp³-hybridized carbons (Fsp3) is 0.364. The third-order valence-corrected chi connectivity index (χ3v) is 2.39. The number of aliphatic hydroxyl groups is 1. The Morgan fingerprint density at radius 1 is 1.38 bits per heavy atom. The molecule has 0 fully saturated rings. The molecule has 16 heavy (non-hydrogen) atoms. The minimum absolute atomic E-state index is 0.561. The zero-order valence-electron chi connectivity index (χ0n) is 9.11. The molecule has 0 bridgehead atoms. The van der Waals surface area contributed by atoms with Gasteiger partial charge in [0.15, 0.2) is 0 Å². The van der Waals surface area contributed by atoms with Crippen molar-refractivity contribution in [1.29, 1.82) is 0 Å². The van der Waals surface area contributed by atoms with Gasteiger partial charge in [0.1, 0.15) is 0 Å². The fourth-order valence-electron chi connectivity index (χ4n) is 1.53. The van der Waals surface area contributed by atoms with E-state index in [1.54, 1.807) is 23.3 Å². The third kappa shape index (κ3) is 2.64. The summed E-state index contributed by atoms with van der Waals surface area (Å²) in [5.41, 5.74) is 1.73. The van der Waals surface area contributed by atoms with Crippen molar-refractivity contribution in [2.45, 2.75) is 18.9 Å². The Labute approximate surface area is 93.8 Å². The van der Waals surface area contributed by atoms with E-state index >= 15 is 0 Å². The topological polar surface area (TPSA) is 63.8 Å². The maximum absolute atomic E-state index is 9.86. The van der Waals surface area contributed by atoms with Crippen LogP contribution in [0.1, 0.15) is 23.8 Å². The molecule has 2 aromatic heterocycles. The Kier molecular flexibility index (Phi) is 3.26. The number of aromatic nitrogens is 4. The van der Waals surface area contributed by atoms with Crippen LogP contribution in [0, 0.1) is 0 Å². The van der Waals surface area contributed by atoms with E-state index in [0.717, 1.165) is 12.0 Å². The summed E-state index contributed by atoms with van der Waals surface area (Å²) in [6.07, 6.45) is 9.38. The van der Waals surface area contributed by atoms with Crippen LogP contribution in [0.3, 0.4) is 0 Å². The van der Waals surface area contributed by atoms with Crippen LogP contribution in [-0.4, -0.2) is 24.9 Å². The molecule has 0 saturated carbocycles. The molecule has 0 radical (unpaired) electrons. The van der Waals surface area contributed by atoms with Crippen LogP contribution in [0.2, 0.25) is 0 Å². The van der Waals surface area contributed by atoms with E-state index < -0.39 is 6.10 Å². The first-order chi connectivity index (χ1) is 7.75. The first-order valence-electron chi connectivity index (χ1n) is 5.17. The van der Waals surface area contributed by atoms with Crippen molar-refractivity contribution < 1.29 is 5.11 Å². The molecule has 2 heterocycles. The van der Waals surface area contributed by atoms with Crippen LogP contribution in [0.25, 0.3) is 0 Å². The second kappa shape index (κ2) is 4.85. The SMILES string of the molecule is Cn1cc(CCC(O)c2cnccn2)cn1. The van der Waals surface area contributed by atoms with E-state index in [9.17, 15) is 5.11 Å². The van der Waals surface area contributed by atoms with Crippen LogP contribution in [0.5, 0.6) is 0 Å². The van der Waals surface area contributed by atoms with Crippen molar-refractivity contribution in [3.05, 3.63) is 42.2 Å². The highest BCUT2D eigenvalue weighted by atomic mass is 16.3. The molecular weight excluding hydrogens is 204 g/mol. The third-order valence-electron chi connectivity index (χ3n) is 2.39. The average Bonchev–Trinajstić information content (AvgIpc) is 2.73. The van der Waals surface area contributed by atoms with Gasteiger partial charge in [0.05, 0.1) is 24.2 Å². The summed E-state index contributed by atoms with van der Waals surface area (Å²) in [6.45, 7) is 0. The van der Waals surface area contributed by atoms with E-state index in [1.807, 2.05) is 19.4 Å².